The Balaban J connectivity index is 1.48. The standard InChI is InChI=1S/C23H22N2O5S/c26-23-17(24-31(27,28)16-8-2-1-3-9-16)14-29-15-20(23)25-18-10-4-6-12-21(18)30-22-13-7-5-11-19(22)25/h1-13,17,20,23-24,26H,14-15H2/t17-,20+,23+/m1/s1. The summed E-state index contributed by atoms with van der Waals surface area (Å²) in [5.41, 5.74) is 1.58. The van der Waals surface area contributed by atoms with E-state index in [4.69, 9.17) is 9.47 Å². The number of ether oxygens (including phenoxy) is 2. The van der Waals surface area contributed by atoms with Crippen LogP contribution in [0.2, 0.25) is 0 Å². The van der Waals surface area contributed by atoms with Crippen LogP contribution in [-0.2, 0) is 14.8 Å². The zero-order chi connectivity index (χ0) is 21.4. The van der Waals surface area contributed by atoms with Crippen LogP contribution in [0.1, 0.15) is 0 Å². The van der Waals surface area contributed by atoms with Gasteiger partial charge < -0.3 is 19.5 Å². The third-order valence-electron chi connectivity index (χ3n) is 5.55. The molecule has 1 fully saturated rings. The van der Waals surface area contributed by atoms with Crippen LogP contribution in [0.5, 0.6) is 11.5 Å². The van der Waals surface area contributed by atoms with Gasteiger partial charge in [0.15, 0.2) is 11.5 Å². The number of para-hydroxylation sites is 4. The van der Waals surface area contributed by atoms with Crippen LogP contribution >= 0.6 is 0 Å². The zero-order valence-corrected chi connectivity index (χ0v) is 17.4. The number of hydrogen-bond donors (Lipinski definition) is 2. The summed E-state index contributed by atoms with van der Waals surface area (Å²) in [6, 6.07) is 21.9. The number of nitrogens with zero attached hydrogens (tertiary/aromatic N) is 1. The molecule has 3 aromatic rings. The van der Waals surface area contributed by atoms with E-state index in [2.05, 4.69) is 4.72 Å². The van der Waals surface area contributed by atoms with E-state index in [1.54, 1.807) is 18.2 Å². The van der Waals surface area contributed by atoms with Crippen LogP contribution in [0.15, 0.2) is 83.8 Å². The molecule has 2 aliphatic heterocycles. The van der Waals surface area contributed by atoms with Gasteiger partial charge in [-0.1, -0.05) is 42.5 Å². The average molecular weight is 439 g/mol. The monoisotopic (exact) mass is 438 g/mol. The number of hydrogen-bond acceptors (Lipinski definition) is 6. The second-order valence-corrected chi connectivity index (χ2v) is 9.26. The lowest BCUT2D eigenvalue weighted by atomic mass is 9.98. The predicted octanol–water partition coefficient (Wildman–Crippen LogP) is 3.04. The Hall–Kier alpha value is -2.91. The Morgan fingerprint density at radius 2 is 1.42 bits per heavy atom. The second-order valence-electron chi connectivity index (χ2n) is 7.54. The molecule has 2 heterocycles. The molecule has 0 spiro atoms. The molecule has 0 aliphatic carbocycles. The molecule has 7 nitrogen and oxygen atoms in total. The molecule has 0 radical (unpaired) electrons. The lowest BCUT2D eigenvalue weighted by Gasteiger charge is -2.44. The van der Waals surface area contributed by atoms with Crippen molar-refractivity contribution < 1.29 is 23.0 Å². The van der Waals surface area contributed by atoms with Crippen molar-refractivity contribution >= 4 is 21.4 Å². The quantitative estimate of drug-likeness (QED) is 0.651. The molecule has 0 aromatic heterocycles. The maximum atomic E-state index is 12.8. The molecule has 160 valence electrons. The highest BCUT2D eigenvalue weighted by molar-refractivity contribution is 7.89. The molecule has 2 N–H and O–H groups in total. The van der Waals surface area contributed by atoms with E-state index < -0.39 is 28.2 Å². The van der Waals surface area contributed by atoms with Gasteiger partial charge in [-0.05, 0) is 36.4 Å². The van der Waals surface area contributed by atoms with E-state index in [1.807, 2.05) is 53.4 Å². The topological polar surface area (TPSA) is 88.1 Å². The van der Waals surface area contributed by atoms with Crippen molar-refractivity contribution in [1.29, 1.82) is 0 Å². The molecule has 31 heavy (non-hydrogen) atoms. The average Bonchev–Trinajstić information content (AvgIpc) is 2.80. The van der Waals surface area contributed by atoms with Gasteiger partial charge in [0.05, 0.1) is 47.7 Å². The van der Waals surface area contributed by atoms with E-state index in [-0.39, 0.29) is 18.1 Å². The molecule has 0 unspecified atom stereocenters. The Morgan fingerprint density at radius 1 is 0.839 bits per heavy atom. The summed E-state index contributed by atoms with van der Waals surface area (Å²) in [4.78, 5) is 2.12. The van der Waals surface area contributed by atoms with Gasteiger partial charge in [-0.15, -0.1) is 0 Å². The number of fused-ring (bicyclic) bond motifs is 2. The number of sulfonamides is 1. The number of benzene rings is 3. The molecule has 0 bridgehead atoms. The van der Waals surface area contributed by atoms with Gasteiger partial charge in [-0.25, -0.2) is 13.1 Å². The molecular weight excluding hydrogens is 416 g/mol. The Kier molecular flexibility index (Phi) is 5.15. The van der Waals surface area contributed by atoms with Crippen LogP contribution in [0.4, 0.5) is 11.4 Å². The normalized spacial score (nSPS) is 22.9. The highest BCUT2D eigenvalue weighted by Gasteiger charge is 2.41. The van der Waals surface area contributed by atoms with Gasteiger partial charge in [0.25, 0.3) is 0 Å². The third-order valence-corrected chi connectivity index (χ3v) is 7.06. The van der Waals surface area contributed by atoms with Gasteiger partial charge in [-0.3, -0.25) is 0 Å². The van der Waals surface area contributed by atoms with Crippen molar-refractivity contribution in [3.63, 3.8) is 0 Å². The summed E-state index contributed by atoms with van der Waals surface area (Å²) in [6.45, 7) is 0.324. The fraction of sp³-hybridized carbons (Fsp3) is 0.217. The van der Waals surface area contributed by atoms with Crippen molar-refractivity contribution in [2.75, 3.05) is 18.1 Å². The van der Waals surface area contributed by atoms with Gasteiger partial charge in [-0.2, -0.15) is 0 Å². The van der Waals surface area contributed by atoms with Gasteiger partial charge >= 0.3 is 0 Å². The first-order chi connectivity index (χ1) is 15.0. The van der Waals surface area contributed by atoms with Crippen LogP contribution in [0.25, 0.3) is 0 Å². The second kappa shape index (κ2) is 7.97. The smallest absolute Gasteiger partial charge is 0.240 e. The maximum Gasteiger partial charge on any atom is 0.240 e. The highest BCUT2D eigenvalue weighted by Crippen LogP contribution is 2.48. The number of nitrogens with one attached hydrogen (secondary N) is 1. The minimum absolute atomic E-state index is 0.0807. The molecule has 2 aliphatic rings. The lowest BCUT2D eigenvalue weighted by Crippen LogP contribution is -2.60. The summed E-state index contributed by atoms with van der Waals surface area (Å²) in [7, 11) is -3.80. The van der Waals surface area contributed by atoms with E-state index in [0.29, 0.717) is 11.5 Å². The van der Waals surface area contributed by atoms with Crippen LogP contribution in [0, 0.1) is 0 Å². The van der Waals surface area contributed by atoms with E-state index in [1.165, 1.54) is 12.1 Å². The minimum atomic E-state index is -3.80. The summed E-state index contributed by atoms with van der Waals surface area (Å²) in [6.07, 6.45) is -1.01. The van der Waals surface area contributed by atoms with Crippen molar-refractivity contribution in [2.45, 2.75) is 23.1 Å². The number of rotatable bonds is 4. The molecular formula is C23H22N2O5S. The molecule has 0 amide bonds. The molecule has 8 heteroatoms. The molecule has 1 saturated heterocycles. The Bertz CT molecular complexity index is 1140. The van der Waals surface area contributed by atoms with E-state index in [9.17, 15) is 13.5 Å². The molecule has 5 rings (SSSR count). The van der Waals surface area contributed by atoms with Gasteiger partial charge in [0.1, 0.15) is 0 Å². The van der Waals surface area contributed by atoms with E-state index in [0.717, 1.165) is 11.4 Å². The molecule has 0 saturated carbocycles. The van der Waals surface area contributed by atoms with Crippen LogP contribution in [-0.4, -0.2) is 44.9 Å². The molecule has 3 aromatic carbocycles. The Labute approximate surface area is 180 Å². The fourth-order valence-corrected chi connectivity index (χ4v) is 5.33. The van der Waals surface area contributed by atoms with Gasteiger partial charge in [0.2, 0.25) is 10.0 Å². The third kappa shape index (κ3) is 3.68. The van der Waals surface area contributed by atoms with Crippen molar-refractivity contribution in [2.24, 2.45) is 0 Å². The fourth-order valence-electron chi connectivity index (χ4n) is 4.07. The first-order valence-electron chi connectivity index (χ1n) is 10.0. The van der Waals surface area contributed by atoms with Crippen molar-refractivity contribution in [3.8, 4) is 11.5 Å². The summed E-state index contributed by atoms with van der Waals surface area (Å²) in [5.74, 6) is 1.33. The highest BCUT2D eigenvalue weighted by atomic mass is 32.2. The maximum absolute atomic E-state index is 12.8. The number of aliphatic hydroxyl groups excluding tert-OH is 1. The summed E-state index contributed by atoms with van der Waals surface area (Å²) >= 11 is 0. The summed E-state index contributed by atoms with van der Waals surface area (Å²) < 4.78 is 40.0. The first-order valence-corrected chi connectivity index (χ1v) is 11.5. The Morgan fingerprint density at radius 3 is 2.06 bits per heavy atom. The van der Waals surface area contributed by atoms with Crippen molar-refractivity contribution in [3.05, 3.63) is 78.9 Å². The molecule has 3 atom stereocenters. The first kappa shape index (κ1) is 20.0. The van der Waals surface area contributed by atoms with Gasteiger partial charge in [0, 0.05) is 0 Å². The summed E-state index contributed by atoms with van der Waals surface area (Å²) in [5, 5.41) is 11.3. The van der Waals surface area contributed by atoms with Crippen LogP contribution in [0.3, 0.4) is 0 Å². The largest absolute Gasteiger partial charge is 0.453 e. The SMILES string of the molecule is O=S(=O)(N[C@@H]1COC[C@H](N2c3ccccc3Oc3ccccc32)[C@H]1O)c1ccccc1. The predicted molar refractivity (Wildman–Crippen MR) is 116 cm³/mol. The van der Waals surface area contributed by atoms with Crippen LogP contribution < -0.4 is 14.4 Å². The minimum Gasteiger partial charge on any atom is -0.453 e. The van der Waals surface area contributed by atoms with Crippen molar-refractivity contribution in [1.82, 2.24) is 4.72 Å². The number of aliphatic hydroxyl groups is 1. The zero-order valence-electron chi connectivity index (χ0n) is 16.6. The lowest BCUT2D eigenvalue weighted by molar-refractivity contribution is -0.0244. The van der Waals surface area contributed by atoms with E-state index >= 15 is 0 Å². The number of anilines is 2.